The minimum absolute atomic E-state index is 0.00463. The highest BCUT2D eigenvalue weighted by Crippen LogP contribution is 2.27. The van der Waals surface area contributed by atoms with E-state index in [-0.39, 0.29) is 21.9 Å². The summed E-state index contributed by atoms with van der Waals surface area (Å²) in [7, 11) is 1.36. The maximum absolute atomic E-state index is 13.3. The first-order chi connectivity index (χ1) is 9.04. The fraction of sp³-hybridized carbons (Fsp3) is 0.0714. The number of benzene rings is 2. The second-order valence-corrected chi connectivity index (χ2v) is 4.15. The number of ketones is 1. The van der Waals surface area contributed by atoms with Crippen LogP contribution in [0.3, 0.4) is 0 Å². The van der Waals surface area contributed by atoms with Gasteiger partial charge in [0, 0.05) is 5.56 Å². The quantitative estimate of drug-likeness (QED) is 0.799. The number of rotatable bonds is 3. The Bertz CT molecular complexity index is 641. The lowest BCUT2D eigenvalue weighted by Gasteiger charge is -2.09. The van der Waals surface area contributed by atoms with Crippen LogP contribution in [-0.2, 0) is 0 Å². The van der Waals surface area contributed by atoms with Crippen molar-refractivity contribution in [2.75, 3.05) is 7.11 Å². The maximum atomic E-state index is 13.3. The van der Waals surface area contributed by atoms with Gasteiger partial charge in [-0.05, 0) is 30.3 Å². The van der Waals surface area contributed by atoms with Gasteiger partial charge in [-0.2, -0.15) is 0 Å². The maximum Gasteiger partial charge on any atom is 0.198 e. The van der Waals surface area contributed by atoms with Crippen molar-refractivity contribution in [2.24, 2.45) is 0 Å². The fourth-order valence-electron chi connectivity index (χ4n) is 1.68. The van der Waals surface area contributed by atoms with Crippen LogP contribution in [0.15, 0.2) is 36.4 Å². The summed E-state index contributed by atoms with van der Waals surface area (Å²) in [6, 6.07) is 7.40. The minimum atomic E-state index is -0.706. The number of carbonyl (C=O) groups is 1. The average Bonchev–Trinajstić information content (AvgIpc) is 2.41. The Balaban J connectivity index is 2.56. The van der Waals surface area contributed by atoms with Gasteiger partial charge in [-0.3, -0.25) is 4.79 Å². The Morgan fingerprint density at radius 2 is 1.89 bits per heavy atom. The number of hydrogen-bond donors (Lipinski definition) is 0. The van der Waals surface area contributed by atoms with Gasteiger partial charge < -0.3 is 4.74 Å². The van der Waals surface area contributed by atoms with Crippen molar-refractivity contribution in [3.63, 3.8) is 0 Å². The SMILES string of the molecule is COc1ccc(F)cc1C(=O)c1cccc(F)c1Cl. The van der Waals surface area contributed by atoms with E-state index < -0.39 is 17.4 Å². The van der Waals surface area contributed by atoms with Crippen molar-refractivity contribution in [1.82, 2.24) is 0 Å². The Labute approximate surface area is 113 Å². The second kappa shape index (κ2) is 5.36. The van der Waals surface area contributed by atoms with Gasteiger partial charge in [-0.1, -0.05) is 17.7 Å². The first kappa shape index (κ1) is 13.5. The number of ether oxygens (including phenoxy) is 1. The standard InChI is InChI=1S/C14H9ClF2O2/c1-19-12-6-5-8(16)7-10(12)14(18)9-3-2-4-11(17)13(9)15/h2-7H,1H3. The Kier molecular flexibility index (Phi) is 3.81. The van der Waals surface area contributed by atoms with E-state index in [4.69, 9.17) is 16.3 Å². The molecule has 0 saturated heterocycles. The summed E-state index contributed by atoms with van der Waals surface area (Å²) in [6.45, 7) is 0. The molecular formula is C14H9ClF2O2. The van der Waals surface area contributed by atoms with E-state index in [0.29, 0.717) is 0 Å². The highest BCUT2D eigenvalue weighted by molar-refractivity contribution is 6.35. The van der Waals surface area contributed by atoms with Crippen molar-refractivity contribution >= 4 is 17.4 Å². The number of carbonyl (C=O) groups excluding carboxylic acids is 1. The summed E-state index contributed by atoms with van der Waals surface area (Å²) < 4.78 is 31.5. The summed E-state index contributed by atoms with van der Waals surface area (Å²) in [6.07, 6.45) is 0. The van der Waals surface area contributed by atoms with Crippen molar-refractivity contribution < 1.29 is 18.3 Å². The normalized spacial score (nSPS) is 10.3. The molecule has 0 atom stereocenters. The molecule has 0 fully saturated rings. The van der Waals surface area contributed by atoms with Crippen LogP contribution >= 0.6 is 11.6 Å². The van der Waals surface area contributed by atoms with Crippen LogP contribution in [0.25, 0.3) is 0 Å². The zero-order valence-electron chi connectivity index (χ0n) is 9.91. The minimum Gasteiger partial charge on any atom is -0.496 e. The molecule has 0 spiro atoms. The molecule has 19 heavy (non-hydrogen) atoms. The number of methoxy groups -OCH3 is 1. The van der Waals surface area contributed by atoms with Crippen LogP contribution in [0.2, 0.25) is 5.02 Å². The molecule has 2 rings (SSSR count). The molecule has 98 valence electrons. The summed E-state index contributed by atoms with van der Waals surface area (Å²) in [5.41, 5.74) is -0.0411. The first-order valence-electron chi connectivity index (χ1n) is 5.37. The molecule has 0 amide bonds. The van der Waals surface area contributed by atoms with Crippen molar-refractivity contribution in [3.05, 3.63) is 64.2 Å². The molecular weight excluding hydrogens is 274 g/mol. The molecule has 0 N–H and O–H groups in total. The highest BCUT2D eigenvalue weighted by atomic mass is 35.5. The third-order valence-electron chi connectivity index (χ3n) is 2.60. The van der Waals surface area contributed by atoms with E-state index in [2.05, 4.69) is 0 Å². The lowest BCUT2D eigenvalue weighted by Crippen LogP contribution is -2.06. The molecule has 2 aromatic rings. The molecule has 0 aliphatic rings. The van der Waals surface area contributed by atoms with Crippen LogP contribution in [0.1, 0.15) is 15.9 Å². The highest BCUT2D eigenvalue weighted by Gasteiger charge is 2.19. The molecule has 0 unspecified atom stereocenters. The lowest BCUT2D eigenvalue weighted by molar-refractivity contribution is 0.103. The van der Waals surface area contributed by atoms with Crippen molar-refractivity contribution in [3.8, 4) is 5.75 Å². The van der Waals surface area contributed by atoms with E-state index in [1.807, 2.05) is 0 Å². The largest absolute Gasteiger partial charge is 0.496 e. The summed E-state index contributed by atoms with van der Waals surface area (Å²) in [5.74, 6) is -1.69. The Hall–Kier alpha value is -1.94. The fourth-order valence-corrected chi connectivity index (χ4v) is 1.89. The topological polar surface area (TPSA) is 26.3 Å². The zero-order chi connectivity index (χ0) is 14.0. The van der Waals surface area contributed by atoms with E-state index in [1.165, 1.54) is 31.4 Å². The van der Waals surface area contributed by atoms with Crippen LogP contribution in [-0.4, -0.2) is 12.9 Å². The molecule has 0 saturated carbocycles. The van der Waals surface area contributed by atoms with Crippen LogP contribution in [0.4, 0.5) is 8.78 Å². The third-order valence-corrected chi connectivity index (χ3v) is 2.99. The summed E-state index contributed by atoms with van der Waals surface area (Å²) in [4.78, 5) is 12.3. The average molecular weight is 283 g/mol. The molecule has 2 nitrogen and oxygen atoms in total. The predicted molar refractivity (Wildman–Crippen MR) is 67.8 cm³/mol. The third kappa shape index (κ3) is 2.58. The Morgan fingerprint density at radius 3 is 2.58 bits per heavy atom. The first-order valence-corrected chi connectivity index (χ1v) is 5.74. The summed E-state index contributed by atoms with van der Waals surface area (Å²) in [5, 5.41) is -0.293. The monoisotopic (exact) mass is 282 g/mol. The van der Waals surface area contributed by atoms with E-state index in [9.17, 15) is 13.6 Å². The predicted octanol–water partition coefficient (Wildman–Crippen LogP) is 3.86. The zero-order valence-corrected chi connectivity index (χ0v) is 10.7. The van der Waals surface area contributed by atoms with Gasteiger partial charge in [-0.15, -0.1) is 0 Å². The van der Waals surface area contributed by atoms with Gasteiger partial charge >= 0.3 is 0 Å². The molecule has 0 radical (unpaired) electrons. The van der Waals surface area contributed by atoms with Crippen LogP contribution in [0.5, 0.6) is 5.75 Å². The number of hydrogen-bond acceptors (Lipinski definition) is 2. The molecule has 0 heterocycles. The van der Waals surface area contributed by atoms with Gasteiger partial charge in [0.15, 0.2) is 5.78 Å². The smallest absolute Gasteiger partial charge is 0.198 e. The van der Waals surface area contributed by atoms with Gasteiger partial charge in [0.2, 0.25) is 0 Å². The molecule has 5 heteroatoms. The van der Waals surface area contributed by atoms with Crippen LogP contribution in [0, 0.1) is 11.6 Å². The van der Waals surface area contributed by atoms with E-state index >= 15 is 0 Å². The van der Waals surface area contributed by atoms with Crippen molar-refractivity contribution in [2.45, 2.75) is 0 Å². The molecule has 0 aliphatic carbocycles. The summed E-state index contributed by atoms with van der Waals surface area (Å²) >= 11 is 5.74. The van der Waals surface area contributed by atoms with E-state index in [0.717, 1.165) is 12.1 Å². The molecule has 2 aromatic carbocycles. The van der Waals surface area contributed by atoms with Crippen molar-refractivity contribution in [1.29, 1.82) is 0 Å². The second-order valence-electron chi connectivity index (χ2n) is 3.78. The van der Waals surface area contributed by atoms with Crippen LogP contribution < -0.4 is 4.74 Å². The molecule has 0 bridgehead atoms. The Morgan fingerprint density at radius 1 is 1.16 bits per heavy atom. The van der Waals surface area contributed by atoms with Gasteiger partial charge in [-0.25, -0.2) is 8.78 Å². The van der Waals surface area contributed by atoms with Gasteiger partial charge in [0.25, 0.3) is 0 Å². The molecule has 0 aliphatic heterocycles. The molecule has 0 aromatic heterocycles. The lowest BCUT2D eigenvalue weighted by atomic mass is 10.0. The van der Waals surface area contributed by atoms with Gasteiger partial charge in [0.1, 0.15) is 17.4 Å². The van der Waals surface area contributed by atoms with E-state index in [1.54, 1.807) is 0 Å². The van der Waals surface area contributed by atoms with Gasteiger partial charge in [0.05, 0.1) is 17.7 Å². The number of halogens is 3.